The van der Waals surface area contributed by atoms with Crippen molar-refractivity contribution in [2.45, 2.75) is 0 Å². The summed E-state index contributed by atoms with van der Waals surface area (Å²) in [4.78, 5) is 11.1. The fourth-order valence-electron chi connectivity index (χ4n) is 10.3. The number of aromatic nitrogens is 4. The van der Waals surface area contributed by atoms with Crippen molar-refractivity contribution in [2.24, 2.45) is 0 Å². The van der Waals surface area contributed by atoms with Gasteiger partial charge in [0.25, 0.3) is 0 Å². The minimum absolute atomic E-state index is 0.651. The number of benzene rings is 10. The Morgan fingerprint density at radius 2 is 1.03 bits per heavy atom. The molecule has 0 bridgehead atoms. The van der Waals surface area contributed by atoms with Crippen LogP contribution in [0.3, 0.4) is 0 Å². The van der Waals surface area contributed by atoms with Crippen molar-refractivity contribution in [2.75, 3.05) is 0 Å². The first-order chi connectivity index (χ1) is 31.2. The molecule has 0 aliphatic rings. The van der Waals surface area contributed by atoms with Gasteiger partial charge in [0.15, 0.2) is 0 Å². The van der Waals surface area contributed by atoms with Crippen molar-refractivity contribution >= 4 is 108 Å². The maximum atomic E-state index is 5.67. The van der Waals surface area contributed by atoms with E-state index in [0.29, 0.717) is 5.95 Å². The van der Waals surface area contributed by atoms with Crippen LogP contribution in [0.15, 0.2) is 206 Å². The van der Waals surface area contributed by atoms with Crippen molar-refractivity contribution < 1.29 is 0 Å². The van der Waals surface area contributed by atoms with Gasteiger partial charge < -0.3 is 4.57 Å². The fraction of sp³-hybridized carbons (Fsp3) is 0. The molecule has 0 radical (unpaired) electrons. The molecule has 63 heavy (non-hydrogen) atoms. The summed E-state index contributed by atoms with van der Waals surface area (Å²) in [5.74, 6) is 0.651. The number of fused-ring (bicyclic) bond motifs is 14. The van der Waals surface area contributed by atoms with Crippen molar-refractivity contribution in [1.82, 2.24) is 19.1 Å². The van der Waals surface area contributed by atoms with Crippen molar-refractivity contribution in [1.29, 1.82) is 0 Å². The van der Waals surface area contributed by atoms with Crippen LogP contribution in [0.5, 0.6) is 0 Å². The third-order valence-corrected chi connectivity index (χ3v) is 14.3. The van der Waals surface area contributed by atoms with Gasteiger partial charge in [0.1, 0.15) is 0 Å². The van der Waals surface area contributed by atoms with Gasteiger partial charge in [-0.1, -0.05) is 152 Å². The average Bonchev–Trinajstić information content (AvgIpc) is 4.01. The topological polar surface area (TPSA) is 35.6 Å². The zero-order valence-electron chi connectivity index (χ0n) is 33.8. The first-order valence-corrected chi connectivity index (χ1v) is 22.2. The van der Waals surface area contributed by atoms with Crippen molar-refractivity contribution in [3.05, 3.63) is 206 Å². The Kier molecular flexibility index (Phi) is 7.24. The highest BCUT2D eigenvalue weighted by Crippen LogP contribution is 2.46. The molecule has 4 nitrogen and oxygen atoms in total. The molecule has 292 valence electrons. The van der Waals surface area contributed by atoms with Gasteiger partial charge in [-0.25, -0.2) is 9.97 Å². The quantitative estimate of drug-likeness (QED) is 0.177. The second-order valence-electron chi connectivity index (χ2n) is 16.5. The number of thiophene rings is 1. The molecule has 0 spiro atoms. The van der Waals surface area contributed by atoms with Crippen LogP contribution in [0.2, 0.25) is 0 Å². The molecule has 14 rings (SSSR count). The molecule has 0 aliphatic carbocycles. The molecule has 0 N–H and O–H groups in total. The third-order valence-electron chi connectivity index (χ3n) is 13.1. The highest BCUT2D eigenvalue weighted by Gasteiger charge is 2.23. The van der Waals surface area contributed by atoms with Gasteiger partial charge in [-0.05, 0) is 87.3 Å². The Morgan fingerprint density at radius 1 is 0.365 bits per heavy atom. The minimum atomic E-state index is 0.651. The molecule has 4 heterocycles. The lowest BCUT2D eigenvalue weighted by Gasteiger charge is -2.14. The number of nitrogens with zero attached hydrogens (tertiary/aromatic N) is 4. The summed E-state index contributed by atoms with van der Waals surface area (Å²) in [6.07, 6.45) is 0. The monoisotopic (exact) mass is 818 g/mol. The average molecular weight is 819 g/mol. The van der Waals surface area contributed by atoms with Gasteiger partial charge >= 0.3 is 0 Å². The molecular formula is C58H34N4S. The van der Waals surface area contributed by atoms with Crippen molar-refractivity contribution in [3.8, 4) is 34.0 Å². The summed E-state index contributed by atoms with van der Waals surface area (Å²) in [6, 6.07) is 74.8. The molecule has 0 fully saturated rings. The molecule has 0 atom stereocenters. The van der Waals surface area contributed by atoms with Crippen molar-refractivity contribution in [3.63, 3.8) is 0 Å². The van der Waals surface area contributed by atoms with Crippen LogP contribution in [-0.4, -0.2) is 19.1 Å². The van der Waals surface area contributed by atoms with Gasteiger partial charge in [-0.2, -0.15) is 0 Å². The zero-order valence-corrected chi connectivity index (χ0v) is 34.6. The highest BCUT2D eigenvalue weighted by molar-refractivity contribution is 7.26. The van der Waals surface area contributed by atoms with Gasteiger partial charge in [0, 0.05) is 58.4 Å². The lowest BCUT2D eigenvalue weighted by atomic mass is 9.97. The van der Waals surface area contributed by atoms with Gasteiger partial charge in [-0.3, -0.25) is 4.57 Å². The number of para-hydroxylation sites is 2. The third kappa shape index (κ3) is 5.03. The van der Waals surface area contributed by atoms with E-state index in [1.54, 1.807) is 0 Å². The van der Waals surface area contributed by atoms with E-state index in [-0.39, 0.29) is 0 Å². The Bertz CT molecular complexity index is 4210. The van der Waals surface area contributed by atoms with E-state index >= 15 is 0 Å². The summed E-state index contributed by atoms with van der Waals surface area (Å²) in [7, 11) is 0. The van der Waals surface area contributed by atoms with E-state index in [1.807, 2.05) is 11.3 Å². The Labute approximate surface area is 365 Å². The van der Waals surface area contributed by atoms with Gasteiger partial charge in [0.05, 0.1) is 33.3 Å². The molecule has 5 heteroatoms. The maximum absolute atomic E-state index is 5.67. The molecular weight excluding hydrogens is 785 g/mol. The van der Waals surface area contributed by atoms with E-state index in [1.165, 1.54) is 80.0 Å². The predicted molar refractivity (Wildman–Crippen MR) is 267 cm³/mol. The number of hydrogen-bond acceptors (Lipinski definition) is 3. The SMILES string of the molecule is c1ccc(-c2ccc3c4ccccc4n(-c4ccc5c(c4)c4c6ccccc6ccc4n5-c4nc(-c5cc6ccccc6c6c5sc5ccccc56)c5ccccc5n4)c3c2)cc1. The van der Waals surface area contributed by atoms with Crippen LogP contribution in [0.1, 0.15) is 0 Å². The van der Waals surface area contributed by atoms with Gasteiger partial charge in [-0.15, -0.1) is 11.3 Å². The molecule has 0 aliphatic heterocycles. The molecule has 0 unspecified atom stereocenters. The smallest absolute Gasteiger partial charge is 0.235 e. The van der Waals surface area contributed by atoms with Crippen LogP contribution in [0, 0.1) is 0 Å². The van der Waals surface area contributed by atoms with Crippen LogP contribution in [0.4, 0.5) is 0 Å². The normalized spacial score (nSPS) is 12.1. The van der Waals surface area contributed by atoms with E-state index < -0.39 is 0 Å². The van der Waals surface area contributed by atoms with E-state index in [9.17, 15) is 0 Å². The zero-order chi connectivity index (χ0) is 41.2. The molecule has 14 aromatic rings. The van der Waals surface area contributed by atoms with Crippen LogP contribution >= 0.6 is 11.3 Å². The largest absolute Gasteiger partial charge is 0.309 e. The van der Waals surface area contributed by atoms with Gasteiger partial charge in [0.2, 0.25) is 5.95 Å². The second kappa shape index (κ2) is 13.2. The first kappa shape index (κ1) is 34.6. The summed E-state index contributed by atoms with van der Waals surface area (Å²) < 4.78 is 7.24. The molecule has 0 saturated carbocycles. The maximum Gasteiger partial charge on any atom is 0.235 e. The van der Waals surface area contributed by atoms with E-state index in [0.717, 1.165) is 44.3 Å². The van der Waals surface area contributed by atoms with E-state index in [4.69, 9.17) is 9.97 Å². The summed E-state index contributed by atoms with van der Waals surface area (Å²) in [5.41, 5.74) is 11.0. The van der Waals surface area contributed by atoms with Crippen LogP contribution in [-0.2, 0) is 0 Å². The predicted octanol–water partition coefficient (Wildman–Crippen LogP) is 15.8. The Hall–Kier alpha value is -8.12. The molecule has 0 saturated heterocycles. The second-order valence-corrected chi connectivity index (χ2v) is 17.6. The van der Waals surface area contributed by atoms with E-state index in [2.05, 4.69) is 215 Å². The Balaban J connectivity index is 1.07. The summed E-state index contributed by atoms with van der Waals surface area (Å²) in [5, 5.41) is 13.3. The summed E-state index contributed by atoms with van der Waals surface area (Å²) >= 11 is 1.85. The molecule has 0 amide bonds. The number of rotatable bonds is 4. The number of hydrogen-bond donors (Lipinski definition) is 0. The minimum Gasteiger partial charge on any atom is -0.309 e. The molecule has 10 aromatic carbocycles. The lowest BCUT2D eigenvalue weighted by molar-refractivity contribution is 1.01. The molecule has 4 aromatic heterocycles. The lowest BCUT2D eigenvalue weighted by Crippen LogP contribution is -2.03. The first-order valence-electron chi connectivity index (χ1n) is 21.4. The fourth-order valence-corrected chi connectivity index (χ4v) is 11.5. The van der Waals surface area contributed by atoms with Crippen LogP contribution in [0.25, 0.3) is 130 Å². The standard InChI is InChI=1S/C58H34N4S/c1-2-14-35(15-3-1)37-26-29-43-42-20-9-12-24-49(42)61(52(43)33-37)39-28-31-50-46(34-39)54-40-18-6-4-16-36(40)27-30-51(54)62(50)58-59-48-23-11-8-21-44(48)56(60-58)47-32-38-17-5-7-19-41(38)55-45-22-10-13-25-53(45)63-57(47)55/h1-34H. The Morgan fingerprint density at radius 3 is 1.90 bits per heavy atom. The summed E-state index contributed by atoms with van der Waals surface area (Å²) in [6.45, 7) is 0. The highest BCUT2D eigenvalue weighted by atomic mass is 32.1. The van der Waals surface area contributed by atoms with Crippen LogP contribution < -0.4 is 0 Å².